The molecular formula is C12H16F2N2. The van der Waals surface area contributed by atoms with Crippen molar-refractivity contribution in [3.8, 4) is 0 Å². The van der Waals surface area contributed by atoms with Crippen molar-refractivity contribution in [2.75, 3.05) is 25.0 Å². The monoisotopic (exact) mass is 226 g/mol. The number of anilines is 1. The molecule has 0 spiro atoms. The Balaban J connectivity index is 2.26. The van der Waals surface area contributed by atoms with Crippen LogP contribution in [0.15, 0.2) is 18.2 Å². The lowest BCUT2D eigenvalue weighted by atomic mass is 9.99. The summed E-state index contributed by atoms with van der Waals surface area (Å²) in [6.07, 6.45) is -1.32. The molecular weight excluding hydrogens is 210 g/mol. The molecule has 2 nitrogen and oxygen atoms in total. The van der Waals surface area contributed by atoms with E-state index < -0.39 is 6.43 Å². The second-order valence-corrected chi connectivity index (χ2v) is 4.11. The maximum atomic E-state index is 12.3. The van der Waals surface area contributed by atoms with Crippen LogP contribution in [0.3, 0.4) is 0 Å². The highest BCUT2D eigenvalue weighted by molar-refractivity contribution is 5.57. The molecule has 0 unspecified atom stereocenters. The van der Waals surface area contributed by atoms with Gasteiger partial charge in [0.2, 0.25) is 0 Å². The summed E-state index contributed by atoms with van der Waals surface area (Å²) in [4.78, 5) is 1.64. The number of fused-ring (bicyclic) bond motifs is 1. The van der Waals surface area contributed by atoms with E-state index in [1.807, 2.05) is 12.1 Å². The van der Waals surface area contributed by atoms with Gasteiger partial charge in [-0.05, 0) is 30.2 Å². The van der Waals surface area contributed by atoms with Crippen LogP contribution in [0.1, 0.15) is 11.1 Å². The third kappa shape index (κ3) is 2.32. The van der Waals surface area contributed by atoms with Gasteiger partial charge in [0.05, 0.1) is 6.54 Å². The predicted octanol–water partition coefficient (Wildman–Crippen LogP) is 2.03. The van der Waals surface area contributed by atoms with Gasteiger partial charge in [-0.25, -0.2) is 8.78 Å². The lowest BCUT2D eigenvalue weighted by molar-refractivity contribution is 0.156. The minimum Gasteiger partial charge on any atom is -0.369 e. The minimum absolute atomic E-state index is 0.212. The maximum absolute atomic E-state index is 12.3. The standard InChI is InChI=1S/C12H16F2N2/c1-16(8-12(13)14)11-4-2-3-9-5-6-15-7-10(9)11/h2-4,12,15H,5-8H2,1H3. The lowest BCUT2D eigenvalue weighted by Crippen LogP contribution is -2.29. The molecule has 0 saturated carbocycles. The van der Waals surface area contributed by atoms with E-state index in [1.165, 1.54) is 5.56 Å². The molecule has 0 bridgehead atoms. The Hall–Kier alpha value is -1.16. The Labute approximate surface area is 94.3 Å². The quantitative estimate of drug-likeness (QED) is 0.848. The van der Waals surface area contributed by atoms with E-state index >= 15 is 0 Å². The van der Waals surface area contributed by atoms with Gasteiger partial charge in [-0.15, -0.1) is 0 Å². The van der Waals surface area contributed by atoms with Crippen LogP contribution in [0.4, 0.5) is 14.5 Å². The van der Waals surface area contributed by atoms with Crippen molar-refractivity contribution in [2.45, 2.75) is 19.4 Å². The topological polar surface area (TPSA) is 15.3 Å². The first-order valence-electron chi connectivity index (χ1n) is 5.49. The van der Waals surface area contributed by atoms with Crippen LogP contribution < -0.4 is 10.2 Å². The Bertz CT molecular complexity index is 366. The van der Waals surface area contributed by atoms with E-state index in [-0.39, 0.29) is 6.54 Å². The molecule has 1 aromatic rings. The van der Waals surface area contributed by atoms with Crippen LogP contribution in [-0.2, 0) is 13.0 Å². The van der Waals surface area contributed by atoms with Gasteiger partial charge in [0.25, 0.3) is 6.43 Å². The van der Waals surface area contributed by atoms with E-state index in [1.54, 1.807) is 11.9 Å². The molecule has 0 amide bonds. The van der Waals surface area contributed by atoms with Crippen LogP contribution in [0.2, 0.25) is 0 Å². The maximum Gasteiger partial charge on any atom is 0.255 e. The molecule has 2 rings (SSSR count). The molecule has 0 aliphatic carbocycles. The average molecular weight is 226 g/mol. The van der Waals surface area contributed by atoms with Crippen molar-refractivity contribution >= 4 is 5.69 Å². The zero-order valence-corrected chi connectivity index (χ0v) is 9.34. The highest BCUT2D eigenvalue weighted by Gasteiger charge is 2.16. The molecule has 0 atom stereocenters. The molecule has 0 saturated heterocycles. The Morgan fingerprint density at radius 3 is 3.00 bits per heavy atom. The van der Waals surface area contributed by atoms with E-state index in [0.29, 0.717) is 0 Å². The van der Waals surface area contributed by atoms with Crippen molar-refractivity contribution in [3.63, 3.8) is 0 Å². The summed E-state index contributed by atoms with van der Waals surface area (Å²) in [7, 11) is 1.72. The average Bonchev–Trinajstić information content (AvgIpc) is 2.27. The van der Waals surface area contributed by atoms with Gasteiger partial charge in [0.15, 0.2) is 0 Å². The normalized spacial score (nSPS) is 15.0. The predicted molar refractivity (Wildman–Crippen MR) is 61.1 cm³/mol. The number of halogens is 2. The third-order valence-electron chi connectivity index (χ3n) is 2.94. The number of benzene rings is 1. The van der Waals surface area contributed by atoms with Crippen molar-refractivity contribution in [3.05, 3.63) is 29.3 Å². The van der Waals surface area contributed by atoms with Gasteiger partial charge < -0.3 is 10.2 Å². The molecule has 0 fully saturated rings. The van der Waals surface area contributed by atoms with Gasteiger partial charge in [-0.1, -0.05) is 12.1 Å². The fourth-order valence-electron chi connectivity index (χ4n) is 2.16. The van der Waals surface area contributed by atoms with Gasteiger partial charge in [-0.3, -0.25) is 0 Å². The fraction of sp³-hybridized carbons (Fsp3) is 0.500. The van der Waals surface area contributed by atoms with Gasteiger partial charge in [0.1, 0.15) is 0 Å². The molecule has 1 heterocycles. The minimum atomic E-state index is -2.29. The van der Waals surface area contributed by atoms with Crippen molar-refractivity contribution in [2.24, 2.45) is 0 Å². The number of rotatable bonds is 3. The zero-order chi connectivity index (χ0) is 11.5. The lowest BCUT2D eigenvalue weighted by Gasteiger charge is -2.26. The van der Waals surface area contributed by atoms with Crippen LogP contribution in [0, 0.1) is 0 Å². The van der Waals surface area contributed by atoms with Crippen LogP contribution in [-0.4, -0.2) is 26.6 Å². The summed E-state index contributed by atoms with van der Waals surface area (Å²) in [6, 6.07) is 5.94. The molecule has 4 heteroatoms. The molecule has 1 aliphatic rings. The third-order valence-corrected chi connectivity index (χ3v) is 2.94. The summed E-state index contributed by atoms with van der Waals surface area (Å²) in [5.41, 5.74) is 3.36. The molecule has 88 valence electrons. The largest absolute Gasteiger partial charge is 0.369 e. The smallest absolute Gasteiger partial charge is 0.255 e. The first-order chi connectivity index (χ1) is 7.68. The van der Waals surface area contributed by atoms with Gasteiger partial charge in [0, 0.05) is 19.3 Å². The Morgan fingerprint density at radius 2 is 2.25 bits per heavy atom. The van der Waals surface area contributed by atoms with Crippen LogP contribution in [0.5, 0.6) is 0 Å². The number of hydrogen-bond donors (Lipinski definition) is 1. The SMILES string of the molecule is CN(CC(F)F)c1cccc2c1CNCC2. The summed E-state index contributed by atoms with van der Waals surface area (Å²) in [6.45, 7) is 1.53. The fourth-order valence-corrected chi connectivity index (χ4v) is 2.16. The molecule has 0 aromatic heterocycles. The molecule has 1 aliphatic heterocycles. The Morgan fingerprint density at radius 1 is 1.44 bits per heavy atom. The second-order valence-electron chi connectivity index (χ2n) is 4.11. The number of hydrogen-bond acceptors (Lipinski definition) is 2. The number of nitrogens with zero attached hydrogens (tertiary/aromatic N) is 1. The van der Waals surface area contributed by atoms with Crippen molar-refractivity contribution in [1.29, 1.82) is 0 Å². The van der Waals surface area contributed by atoms with E-state index in [0.717, 1.165) is 30.8 Å². The van der Waals surface area contributed by atoms with E-state index in [2.05, 4.69) is 11.4 Å². The highest BCUT2D eigenvalue weighted by Crippen LogP contribution is 2.25. The summed E-state index contributed by atoms with van der Waals surface area (Å²) >= 11 is 0. The van der Waals surface area contributed by atoms with Crippen molar-refractivity contribution in [1.82, 2.24) is 5.32 Å². The molecule has 1 aromatic carbocycles. The van der Waals surface area contributed by atoms with Gasteiger partial charge >= 0.3 is 0 Å². The summed E-state index contributed by atoms with van der Waals surface area (Å²) in [5.74, 6) is 0. The molecule has 1 N–H and O–H groups in total. The Kier molecular flexibility index (Phi) is 3.39. The highest BCUT2D eigenvalue weighted by atomic mass is 19.3. The number of nitrogens with one attached hydrogen (secondary N) is 1. The summed E-state index contributed by atoms with van der Waals surface area (Å²) < 4.78 is 24.7. The van der Waals surface area contributed by atoms with Crippen molar-refractivity contribution < 1.29 is 8.78 Å². The number of alkyl halides is 2. The molecule has 16 heavy (non-hydrogen) atoms. The van der Waals surface area contributed by atoms with Crippen LogP contribution >= 0.6 is 0 Å². The van der Waals surface area contributed by atoms with Crippen LogP contribution in [0.25, 0.3) is 0 Å². The van der Waals surface area contributed by atoms with E-state index in [9.17, 15) is 8.78 Å². The second kappa shape index (κ2) is 4.78. The first-order valence-corrected chi connectivity index (χ1v) is 5.49. The summed E-state index contributed by atoms with van der Waals surface area (Å²) in [5, 5.41) is 3.28. The van der Waals surface area contributed by atoms with Gasteiger partial charge in [-0.2, -0.15) is 0 Å². The molecule has 0 radical (unpaired) electrons. The first kappa shape index (κ1) is 11.3. The zero-order valence-electron chi connectivity index (χ0n) is 9.34. The van der Waals surface area contributed by atoms with E-state index in [4.69, 9.17) is 0 Å².